The van der Waals surface area contributed by atoms with Crippen molar-refractivity contribution in [3.05, 3.63) is 35.4 Å². The SMILES string of the molecule is CC(C)CCOCCNC1CSCc2ccccc21. The van der Waals surface area contributed by atoms with Gasteiger partial charge in [0.1, 0.15) is 0 Å². The van der Waals surface area contributed by atoms with Gasteiger partial charge in [0.25, 0.3) is 0 Å². The maximum atomic E-state index is 5.65. The predicted molar refractivity (Wildman–Crippen MR) is 83.6 cm³/mol. The summed E-state index contributed by atoms with van der Waals surface area (Å²) in [5.74, 6) is 3.05. The third kappa shape index (κ3) is 4.83. The molecule has 1 heterocycles. The van der Waals surface area contributed by atoms with E-state index in [9.17, 15) is 0 Å². The van der Waals surface area contributed by atoms with Crippen molar-refractivity contribution in [1.29, 1.82) is 0 Å². The highest BCUT2D eigenvalue weighted by atomic mass is 32.2. The number of hydrogen-bond donors (Lipinski definition) is 1. The van der Waals surface area contributed by atoms with Crippen LogP contribution in [0.4, 0.5) is 0 Å². The summed E-state index contributed by atoms with van der Waals surface area (Å²) in [5, 5.41) is 3.62. The molecular weight excluding hydrogens is 254 g/mol. The lowest BCUT2D eigenvalue weighted by atomic mass is 10.0. The Morgan fingerprint density at radius 2 is 2.16 bits per heavy atom. The molecule has 0 spiro atoms. The summed E-state index contributed by atoms with van der Waals surface area (Å²) < 4.78 is 5.65. The summed E-state index contributed by atoms with van der Waals surface area (Å²) in [5.41, 5.74) is 2.96. The molecule has 0 amide bonds. The average Bonchev–Trinajstić information content (AvgIpc) is 2.42. The Hall–Kier alpha value is -0.510. The minimum Gasteiger partial charge on any atom is -0.380 e. The molecule has 2 nitrogen and oxygen atoms in total. The topological polar surface area (TPSA) is 21.3 Å². The van der Waals surface area contributed by atoms with Gasteiger partial charge in [-0.05, 0) is 23.5 Å². The zero-order valence-corrected chi connectivity index (χ0v) is 12.8. The fourth-order valence-electron chi connectivity index (χ4n) is 2.28. The molecule has 0 radical (unpaired) electrons. The van der Waals surface area contributed by atoms with Crippen LogP contribution in [-0.2, 0) is 10.5 Å². The molecule has 1 aliphatic rings. The third-order valence-corrected chi connectivity index (χ3v) is 4.53. The van der Waals surface area contributed by atoms with E-state index in [2.05, 4.69) is 43.4 Å². The molecule has 1 aromatic rings. The van der Waals surface area contributed by atoms with Gasteiger partial charge in [0.2, 0.25) is 0 Å². The van der Waals surface area contributed by atoms with Gasteiger partial charge < -0.3 is 10.1 Å². The molecule has 0 aliphatic carbocycles. The van der Waals surface area contributed by atoms with Crippen LogP contribution >= 0.6 is 11.8 Å². The lowest BCUT2D eigenvalue weighted by Crippen LogP contribution is -2.29. The second kappa shape index (κ2) is 7.93. The second-order valence-electron chi connectivity index (χ2n) is 5.52. The first-order chi connectivity index (χ1) is 9.27. The van der Waals surface area contributed by atoms with E-state index in [-0.39, 0.29) is 0 Å². The Bertz CT molecular complexity index is 381. The molecule has 0 bridgehead atoms. The smallest absolute Gasteiger partial charge is 0.0591 e. The highest BCUT2D eigenvalue weighted by molar-refractivity contribution is 7.98. The van der Waals surface area contributed by atoms with Crippen molar-refractivity contribution in [3.63, 3.8) is 0 Å². The summed E-state index contributed by atoms with van der Waals surface area (Å²) in [6, 6.07) is 9.27. The van der Waals surface area contributed by atoms with E-state index in [1.54, 1.807) is 0 Å². The monoisotopic (exact) mass is 279 g/mol. The maximum Gasteiger partial charge on any atom is 0.0591 e. The average molecular weight is 279 g/mol. The van der Waals surface area contributed by atoms with Crippen LogP contribution in [0.25, 0.3) is 0 Å². The highest BCUT2D eigenvalue weighted by Gasteiger charge is 2.18. The van der Waals surface area contributed by atoms with Crippen molar-refractivity contribution in [2.45, 2.75) is 32.1 Å². The van der Waals surface area contributed by atoms with E-state index in [4.69, 9.17) is 4.74 Å². The number of thioether (sulfide) groups is 1. The highest BCUT2D eigenvalue weighted by Crippen LogP contribution is 2.31. The summed E-state index contributed by atoms with van der Waals surface area (Å²) >= 11 is 2.01. The van der Waals surface area contributed by atoms with Crippen molar-refractivity contribution in [2.24, 2.45) is 5.92 Å². The number of fused-ring (bicyclic) bond motifs is 1. The van der Waals surface area contributed by atoms with E-state index in [1.807, 2.05) is 11.8 Å². The van der Waals surface area contributed by atoms with Crippen LogP contribution in [0.5, 0.6) is 0 Å². The Morgan fingerprint density at radius 1 is 1.32 bits per heavy atom. The van der Waals surface area contributed by atoms with Gasteiger partial charge in [0.05, 0.1) is 6.61 Å². The molecule has 0 fully saturated rings. The minimum absolute atomic E-state index is 0.489. The largest absolute Gasteiger partial charge is 0.380 e. The molecular formula is C16H25NOS. The molecule has 19 heavy (non-hydrogen) atoms. The molecule has 1 atom stereocenters. The molecule has 1 aliphatic heterocycles. The van der Waals surface area contributed by atoms with Crippen LogP contribution < -0.4 is 5.32 Å². The second-order valence-corrected chi connectivity index (χ2v) is 6.55. The van der Waals surface area contributed by atoms with Crippen molar-refractivity contribution >= 4 is 11.8 Å². The maximum absolute atomic E-state index is 5.65. The molecule has 0 aromatic heterocycles. The van der Waals surface area contributed by atoms with E-state index in [0.717, 1.165) is 37.9 Å². The predicted octanol–water partition coefficient (Wildman–Crippen LogP) is 3.63. The van der Waals surface area contributed by atoms with Gasteiger partial charge >= 0.3 is 0 Å². The molecule has 0 saturated carbocycles. The lowest BCUT2D eigenvalue weighted by molar-refractivity contribution is 0.124. The van der Waals surface area contributed by atoms with Crippen LogP contribution in [0.3, 0.4) is 0 Å². The number of benzene rings is 1. The van der Waals surface area contributed by atoms with Crippen LogP contribution in [-0.4, -0.2) is 25.5 Å². The number of nitrogens with one attached hydrogen (secondary N) is 1. The first-order valence-electron chi connectivity index (χ1n) is 7.24. The van der Waals surface area contributed by atoms with Crippen molar-refractivity contribution in [1.82, 2.24) is 5.32 Å². The van der Waals surface area contributed by atoms with Crippen LogP contribution in [0, 0.1) is 5.92 Å². The zero-order valence-electron chi connectivity index (χ0n) is 12.0. The lowest BCUT2D eigenvalue weighted by Gasteiger charge is -2.26. The zero-order chi connectivity index (χ0) is 13.5. The van der Waals surface area contributed by atoms with Crippen LogP contribution in [0.2, 0.25) is 0 Å². The fraction of sp³-hybridized carbons (Fsp3) is 0.625. The molecule has 1 N–H and O–H groups in total. The fourth-order valence-corrected chi connectivity index (χ4v) is 3.41. The van der Waals surface area contributed by atoms with Crippen molar-refractivity contribution in [3.8, 4) is 0 Å². The normalized spacial score (nSPS) is 18.6. The molecule has 3 heteroatoms. The quantitative estimate of drug-likeness (QED) is 0.770. The van der Waals surface area contributed by atoms with E-state index in [0.29, 0.717) is 6.04 Å². The molecule has 1 unspecified atom stereocenters. The Labute approximate surface area is 121 Å². The standard InChI is InChI=1S/C16H25NOS/c1-13(2)7-9-18-10-8-17-16-12-19-11-14-5-3-4-6-15(14)16/h3-6,13,16-17H,7-12H2,1-2H3. The van der Waals surface area contributed by atoms with E-state index >= 15 is 0 Å². The summed E-state index contributed by atoms with van der Waals surface area (Å²) in [4.78, 5) is 0. The molecule has 0 saturated heterocycles. The van der Waals surface area contributed by atoms with Gasteiger partial charge in [-0.2, -0.15) is 11.8 Å². The van der Waals surface area contributed by atoms with Crippen molar-refractivity contribution < 1.29 is 4.74 Å². The van der Waals surface area contributed by atoms with Gasteiger partial charge in [0.15, 0.2) is 0 Å². The number of rotatable bonds is 7. The van der Waals surface area contributed by atoms with Crippen molar-refractivity contribution in [2.75, 3.05) is 25.5 Å². The third-order valence-electron chi connectivity index (χ3n) is 3.45. The van der Waals surface area contributed by atoms with Gasteiger partial charge in [-0.25, -0.2) is 0 Å². The van der Waals surface area contributed by atoms with Crippen LogP contribution in [0.1, 0.15) is 37.4 Å². The minimum atomic E-state index is 0.489. The first-order valence-corrected chi connectivity index (χ1v) is 8.39. The van der Waals surface area contributed by atoms with E-state index < -0.39 is 0 Å². The molecule has 106 valence electrons. The Morgan fingerprint density at radius 3 is 3.00 bits per heavy atom. The van der Waals surface area contributed by atoms with Gasteiger partial charge in [-0.1, -0.05) is 38.1 Å². The van der Waals surface area contributed by atoms with Crippen LogP contribution in [0.15, 0.2) is 24.3 Å². The summed E-state index contributed by atoms with van der Waals surface area (Å²) in [6.45, 7) is 7.11. The molecule has 2 rings (SSSR count). The summed E-state index contributed by atoms with van der Waals surface area (Å²) in [7, 11) is 0. The number of ether oxygens (including phenoxy) is 1. The van der Waals surface area contributed by atoms with Gasteiger partial charge in [-0.15, -0.1) is 0 Å². The van der Waals surface area contributed by atoms with Gasteiger partial charge in [-0.3, -0.25) is 0 Å². The van der Waals surface area contributed by atoms with Gasteiger partial charge in [0, 0.05) is 30.7 Å². The first kappa shape index (κ1) is 14.9. The Kier molecular flexibility index (Phi) is 6.21. The summed E-state index contributed by atoms with van der Waals surface area (Å²) in [6.07, 6.45) is 1.15. The number of hydrogen-bond acceptors (Lipinski definition) is 3. The molecule has 1 aromatic carbocycles. The van der Waals surface area contributed by atoms with E-state index in [1.165, 1.54) is 16.9 Å². The Balaban J connectivity index is 1.70.